The molecule has 1 aliphatic heterocycles. The molecule has 0 spiro atoms. The summed E-state index contributed by atoms with van der Waals surface area (Å²) in [4.78, 5) is 61.1. The van der Waals surface area contributed by atoms with Crippen molar-refractivity contribution in [2.24, 2.45) is 11.3 Å². The first kappa shape index (κ1) is 38.1. The summed E-state index contributed by atoms with van der Waals surface area (Å²) >= 11 is 0. The maximum absolute atomic E-state index is 14.5. The predicted molar refractivity (Wildman–Crippen MR) is 195 cm³/mol. The van der Waals surface area contributed by atoms with Gasteiger partial charge in [-0.2, -0.15) is 0 Å². The van der Waals surface area contributed by atoms with Gasteiger partial charge in [-0.1, -0.05) is 26.8 Å². The van der Waals surface area contributed by atoms with Crippen LogP contribution in [0.1, 0.15) is 72.1 Å². The number of hydrogen-bond donors (Lipinski definition) is 3. The molecule has 5 atom stereocenters. The number of hydrogen-bond acceptors (Lipinski definition) is 10. The highest BCUT2D eigenvalue weighted by Gasteiger charge is 2.62. The number of likely N-dealkylation sites (tertiary alicyclic amines) is 1. The standard InChI is InChI=1S/C38H49N5O9S/c1-6-24-21-38(24,35(46)42-53(48,49)29-15-16-29)41-33(44)31-20-28(51-27-17-18-39-30(19-27)23-11-13-25(50-5)14-12-23)22-43(31)34(45)32(37(2,3)4)40-36(47)52-26-9-7-8-10-26/h6,11-14,17-19,24,26,28-29,31-32H,1,7-10,15-16,20-22H2,2-5H3,(H,40,47)(H,41,44)(H,42,46)/t24-,28-,31+,32-,38-/m1/s1. The Kier molecular flexibility index (Phi) is 10.8. The number of alkyl carbamates (subject to hydrolysis) is 1. The number of amides is 4. The minimum Gasteiger partial charge on any atom is -0.497 e. The van der Waals surface area contributed by atoms with Crippen molar-refractivity contribution in [2.45, 2.75) is 107 Å². The molecule has 3 N–H and O–H groups in total. The largest absolute Gasteiger partial charge is 0.497 e. The van der Waals surface area contributed by atoms with E-state index < -0.39 is 74.1 Å². The smallest absolute Gasteiger partial charge is 0.408 e. The van der Waals surface area contributed by atoms with Gasteiger partial charge in [-0.25, -0.2) is 13.2 Å². The number of carbonyl (C=O) groups is 4. The first-order chi connectivity index (χ1) is 25.1. The zero-order valence-corrected chi connectivity index (χ0v) is 31.4. The lowest BCUT2D eigenvalue weighted by Gasteiger charge is -2.35. The lowest BCUT2D eigenvalue weighted by Crippen LogP contribution is -2.60. The van der Waals surface area contributed by atoms with Crippen molar-refractivity contribution in [2.75, 3.05) is 13.7 Å². The number of nitrogens with one attached hydrogen (secondary N) is 3. The normalized spacial score (nSPS) is 24.8. The average molecular weight is 752 g/mol. The molecule has 53 heavy (non-hydrogen) atoms. The molecule has 15 heteroatoms. The van der Waals surface area contributed by atoms with Crippen molar-refractivity contribution in [1.82, 2.24) is 25.2 Å². The van der Waals surface area contributed by atoms with Crippen LogP contribution in [-0.4, -0.2) is 90.9 Å². The van der Waals surface area contributed by atoms with Crippen LogP contribution in [0.25, 0.3) is 11.3 Å². The maximum atomic E-state index is 14.5. The van der Waals surface area contributed by atoms with Crippen LogP contribution >= 0.6 is 0 Å². The average Bonchev–Trinajstić information content (AvgIpc) is 4.00. The molecule has 1 aromatic carbocycles. The molecule has 2 heterocycles. The van der Waals surface area contributed by atoms with Gasteiger partial charge in [0.1, 0.15) is 41.3 Å². The number of sulfonamides is 1. The lowest BCUT2D eigenvalue weighted by atomic mass is 9.85. The molecule has 3 saturated carbocycles. The van der Waals surface area contributed by atoms with Crippen molar-refractivity contribution < 1.29 is 41.8 Å². The first-order valence-corrected chi connectivity index (χ1v) is 19.7. The quantitative estimate of drug-likeness (QED) is 0.254. The third-order valence-electron chi connectivity index (χ3n) is 10.5. The zero-order chi connectivity index (χ0) is 38.1. The van der Waals surface area contributed by atoms with Crippen LogP contribution in [0.2, 0.25) is 0 Å². The number of ether oxygens (including phenoxy) is 3. The fourth-order valence-corrected chi connectivity index (χ4v) is 8.48. The number of benzene rings is 1. The number of carbonyl (C=O) groups excluding carboxylic acids is 4. The zero-order valence-electron chi connectivity index (χ0n) is 30.6. The maximum Gasteiger partial charge on any atom is 0.408 e. The molecule has 0 radical (unpaired) electrons. The van der Waals surface area contributed by atoms with Gasteiger partial charge in [0.25, 0.3) is 5.91 Å². The molecule has 4 amide bonds. The van der Waals surface area contributed by atoms with Crippen molar-refractivity contribution in [1.29, 1.82) is 0 Å². The Hall–Kier alpha value is -4.66. The van der Waals surface area contributed by atoms with Crippen molar-refractivity contribution in [3.05, 3.63) is 55.3 Å². The van der Waals surface area contributed by atoms with Gasteiger partial charge in [-0.05, 0) is 80.7 Å². The molecule has 1 aromatic heterocycles. The van der Waals surface area contributed by atoms with E-state index in [1.54, 1.807) is 46.2 Å². The molecule has 14 nitrogen and oxygen atoms in total. The first-order valence-electron chi connectivity index (χ1n) is 18.2. The number of aromatic nitrogens is 1. The van der Waals surface area contributed by atoms with Gasteiger partial charge in [0, 0.05) is 30.2 Å². The second-order valence-electron chi connectivity index (χ2n) is 15.5. The second-order valence-corrected chi connectivity index (χ2v) is 17.5. The van der Waals surface area contributed by atoms with Crippen LogP contribution in [0.15, 0.2) is 55.3 Å². The summed E-state index contributed by atoms with van der Waals surface area (Å²) in [5.41, 5.74) is -0.859. The molecule has 0 bridgehead atoms. The minimum absolute atomic E-state index is 0.0107. The Morgan fingerprint density at radius 1 is 1.02 bits per heavy atom. The van der Waals surface area contributed by atoms with Gasteiger partial charge in [-0.15, -0.1) is 6.58 Å². The van der Waals surface area contributed by atoms with Crippen LogP contribution in [0, 0.1) is 11.3 Å². The van der Waals surface area contributed by atoms with E-state index in [2.05, 4.69) is 26.9 Å². The third-order valence-corrected chi connectivity index (χ3v) is 12.3. The summed E-state index contributed by atoms with van der Waals surface area (Å²) in [5.74, 6) is -1.36. The van der Waals surface area contributed by atoms with Gasteiger partial charge in [0.15, 0.2) is 0 Å². The molecule has 6 rings (SSSR count). The Morgan fingerprint density at radius 2 is 1.72 bits per heavy atom. The fourth-order valence-electron chi connectivity index (χ4n) is 7.11. The van der Waals surface area contributed by atoms with Crippen LogP contribution in [-0.2, 0) is 29.1 Å². The second kappa shape index (κ2) is 15.0. The molecule has 4 fully saturated rings. The van der Waals surface area contributed by atoms with Crippen LogP contribution in [0.3, 0.4) is 0 Å². The van der Waals surface area contributed by atoms with Crippen LogP contribution in [0.5, 0.6) is 11.5 Å². The predicted octanol–water partition coefficient (Wildman–Crippen LogP) is 3.86. The SMILES string of the molecule is C=C[C@@H]1C[C@]1(NC(=O)[C@@H]1C[C@@H](Oc2ccnc(-c3ccc(OC)cc3)c2)CN1C(=O)[C@@H](NC(=O)OC1CCCC1)C(C)(C)C)C(=O)NS(=O)(=O)C1CC1. The van der Waals surface area contributed by atoms with Gasteiger partial charge in [-0.3, -0.25) is 24.1 Å². The van der Waals surface area contributed by atoms with E-state index >= 15 is 0 Å². The molecule has 1 saturated heterocycles. The highest BCUT2D eigenvalue weighted by molar-refractivity contribution is 7.91. The Bertz CT molecular complexity index is 1840. The van der Waals surface area contributed by atoms with Gasteiger partial charge in [0.05, 0.1) is 24.6 Å². The van der Waals surface area contributed by atoms with Crippen LogP contribution < -0.4 is 24.8 Å². The Balaban J connectivity index is 1.25. The van der Waals surface area contributed by atoms with E-state index in [1.807, 2.05) is 24.3 Å². The summed E-state index contributed by atoms with van der Waals surface area (Å²) in [7, 11) is -2.31. The highest BCUT2D eigenvalue weighted by Crippen LogP contribution is 2.45. The fraction of sp³-hybridized carbons (Fsp3) is 0.553. The number of nitrogens with zero attached hydrogens (tertiary/aromatic N) is 2. The van der Waals surface area contributed by atoms with Gasteiger partial charge in [0.2, 0.25) is 21.8 Å². The number of methoxy groups -OCH3 is 1. The topological polar surface area (TPSA) is 182 Å². The Labute approximate surface area is 310 Å². The highest BCUT2D eigenvalue weighted by atomic mass is 32.2. The molecule has 0 unspecified atom stereocenters. The summed E-state index contributed by atoms with van der Waals surface area (Å²) in [6.45, 7) is 9.18. The van der Waals surface area contributed by atoms with E-state index in [0.29, 0.717) is 30.0 Å². The summed E-state index contributed by atoms with van der Waals surface area (Å²) < 4.78 is 44.8. The lowest BCUT2D eigenvalue weighted by molar-refractivity contribution is -0.143. The minimum atomic E-state index is -3.89. The molecule has 286 valence electrons. The molecule has 2 aromatic rings. The van der Waals surface area contributed by atoms with Crippen molar-refractivity contribution >= 4 is 33.8 Å². The van der Waals surface area contributed by atoms with E-state index in [9.17, 15) is 27.6 Å². The molecule has 3 aliphatic carbocycles. The van der Waals surface area contributed by atoms with Crippen LogP contribution in [0.4, 0.5) is 4.79 Å². The van der Waals surface area contributed by atoms with E-state index in [4.69, 9.17) is 14.2 Å². The number of pyridine rings is 1. The van der Waals surface area contributed by atoms with Crippen molar-refractivity contribution in [3.8, 4) is 22.8 Å². The van der Waals surface area contributed by atoms with E-state index in [1.165, 1.54) is 11.0 Å². The summed E-state index contributed by atoms with van der Waals surface area (Å²) in [6, 6.07) is 8.64. The van der Waals surface area contributed by atoms with E-state index in [0.717, 1.165) is 31.2 Å². The molecule has 4 aliphatic rings. The third kappa shape index (κ3) is 8.61. The molecular weight excluding hydrogens is 703 g/mol. The number of rotatable bonds is 13. The van der Waals surface area contributed by atoms with Gasteiger partial charge >= 0.3 is 6.09 Å². The Morgan fingerprint density at radius 3 is 2.32 bits per heavy atom. The van der Waals surface area contributed by atoms with E-state index in [-0.39, 0.29) is 25.5 Å². The molecular formula is C38H49N5O9S. The van der Waals surface area contributed by atoms with Gasteiger partial charge < -0.3 is 29.7 Å². The van der Waals surface area contributed by atoms with Crippen molar-refractivity contribution in [3.63, 3.8) is 0 Å². The summed E-state index contributed by atoms with van der Waals surface area (Å²) in [5, 5.41) is 4.93. The monoisotopic (exact) mass is 751 g/mol. The summed E-state index contributed by atoms with van der Waals surface area (Å²) in [6.07, 6.45) is 6.08.